The Morgan fingerprint density at radius 2 is 2.05 bits per heavy atom. The summed E-state index contributed by atoms with van der Waals surface area (Å²) < 4.78 is 10.5. The van der Waals surface area contributed by atoms with E-state index < -0.39 is 5.97 Å². The number of furan rings is 1. The van der Waals surface area contributed by atoms with Crippen LogP contribution in [0.2, 0.25) is 0 Å². The summed E-state index contributed by atoms with van der Waals surface area (Å²) in [6.45, 7) is 5.51. The molecule has 22 heavy (non-hydrogen) atoms. The van der Waals surface area contributed by atoms with E-state index in [0.29, 0.717) is 11.5 Å². The van der Waals surface area contributed by atoms with E-state index in [4.69, 9.17) is 14.4 Å². The first-order valence-corrected chi connectivity index (χ1v) is 6.70. The minimum absolute atomic E-state index is 0.0601. The fraction of sp³-hybridized carbons (Fsp3) is 0.111. The van der Waals surface area contributed by atoms with Crippen molar-refractivity contribution in [2.75, 3.05) is 6.61 Å². The van der Waals surface area contributed by atoms with Crippen molar-refractivity contribution < 1.29 is 13.9 Å². The van der Waals surface area contributed by atoms with Crippen molar-refractivity contribution in [3.05, 3.63) is 65.9 Å². The summed E-state index contributed by atoms with van der Waals surface area (Å²) in [5, 5.41) is 9.02. The molecule has 0 bridgehead atoms. The lowest BCUT2D eigenvalue weighted by atomic mass is 10.1. The number of esters is 1. The largest absolute Gasteiger partial charge is 0.457 e. The highest BCUT2D eigenvalue weighted by molar-refractivity contribution is 5.97. The standard InChI is InChI=1S/C18H15NO3/c1-3-10-21-18(20)15(12-19)11-16-8-9-17(22-16)14-6-4-13(2)5-7-14/h3-9,11H,1,10H2,2H3/b15-11-. The van der Waals surface area contributed by atoms with Gasteiger partial charge >= 0.3 is 5.97 Å². The number of carbonyl (C=O) groups is 1. The highest BCUT2D eigenvalue weighted by Crippen LogP contribution is 2.23. The third-order valence-electron chi connectivity index (χ3n) is 2.92. The summed E-state index contributed by atoms with van der Waals surface area (Å²) in [6.07, 6.45) is 2.80. The number of nitriles is 1. The summed E-state index contributed by atoms with van der Waals surface area (Å²) in [5.74, 6) is 0.390. The SMILES string of the molecule is C=CCOC(=O)/C(C#N)=C\c1ccc(-c2ccc(C)cc2)o1. The average Bonchev–Trinajstić information content (AvgIpc) is 2.99. The fourth-order valence-electron chi connectivity index (χ4n) is 1.79. The number of hydrogen-bond donors (Lipinski definition) is 0. The molecular formula is C18H15NO3. The van der Waals surface area contributed by atoms with Crippen LogP contribution >= 0.6 is 0 Å². The highest BCUT2D eigenvalue weighted by Gasteiger charge is 2.11. The predicted molar refractivity (Wildman–Crippen MR) is 83.6 cm³/mol. The molecule has 0 fully saturated rings. The van der Waals surface area contributed by atoms with Gasteiger partial charge in [0.05, 0.1) is 0 Å². The smallest absolute Gasteiger partial charge is 0.349 e. The molecule has 0 aliphatic carbocycles. The molecule has 1 heterocycles. The molecule has 1 aromatic heterocycles. The summed E-state index contributed by atoms with van der Waals surface area (Å²) in [6, 6.07) is 13.2. The summed E-state index contributed by atoms with van der Waals surface area (Å²) in [5.41, 5.74) is 1.97. The topological polar surface area (TPSA) is 63.2 Å². The number of ether oxygens (including phenoxy) is 1. The number of hydrogen-bond acceptors (Lipinski definition) is 4. The van der Waals surface area contributed by atoms with E-state index in [0.717, 1.165) is 11.1 Å². The van der Waals surface area contributed by atoms with Crippen molar-refractivity contribution in [2.45, 2.75) is 6.92 Å². The van der Waals surface area contributed by atoms with Gasteiger partial charge < -0.3 is 9.15 Å². The van der Waals surface area contributed by atoms with Crippen molar-refractivity contribution in [3.63, 3.8) is 0 Å². The average molecular weight is 293 g/mol. The Morgan fingerprint density at radius 3 is 2.68 bits per heavy atom. The maximum Gasteiger partial charge on any atom is 0.349 e. The minimum atomic E-state index is -0.698. The summed E-state index contributed by atoms with van der Waals surface area (Å²) >= 11 is 0. The number of carbonyl (C=O) groups excluding carboxylic acids is 1. The molecule has 0 N–H and O–H groups in total. The second-order valence-corrected chi connectivity index (χ2v) is 4.62. The molecule has 2 aromatic rings. The molecular weight excluding hydrogens is 278 g/mol. The maximum absolute atomic E-state index is 11.6. The monoisotopic (exact) mass is 293 g/mol. The highest BCUT2D eigenvalue weighted by atomic mass is 16.5. The van der Waals surface area contributed by atoms with Crippen molar-refractivity contribution in [1.82, 2.24) is 0 Å². The van der Waals surface area contributed by atoms with E-state index in [9.17, 15) is 4.79 Å². The first-order chi connectivity index (χ1) is 10.6. The van der Waals surface area contributed by atoms with Gasteiger partial charge in [-0.05, 0) is 19.1 Å². The fourth-order valence-corrected chi connectivity index (χ4v) is 1.79. The minimum Gasteiger partial charge on any atom is -0.457 e. The Bertz CT molecular complexity index is 745. The van der Waals surface area contributed by atoms with Gasteiger partial charge in [-0.3, -0.25) is 0 Å². The molecule has 4 heteroatoms. The van der Waals surface area contributed by atoms with Crippen LogP contribution in [0.3, 0.4) is 0 Å². The Labute approximate surface area is 128 Å². The van der Waals surface area contributed by atoms with Crippen LogP contribution in [0, 0.1) is 18.3 Å². The van der Waals surface area contributed by atoms with E-state index in [1.165, 1.54) is 12.2 Å². The van der Waals surface area contributed by atoms with Crippen LogP contribution in [0.15, 0.2) is 59.0 Å². The lowest BCUT2D eigenvalue weighted by molar-refractivity contribution is -0.137. The maximum atomic E-state index is 11.6. The molecule has 0 radical (unpaired) electrons. The molecule has 0 aliphatic heterocycles. The Hall–Kier alpha value is -3.06. The van der Waals surface area contributed by atoms with Gasteiger partial charge in [0.1, 0.15) is 29.8 Å². The van der Waals surface area contributed by atoms with Gasteiger partial charge in [-0.1, -0.05) is 42.5 Å². The molecule has 0 aliphatic rings. The van der Waals surface area contributed by atoms with Crippen LogP contribution in [0.5, 0.6) is 0 Å². The molecule has 0 spiro atoms. The van der Waals surface area contributed by atoms with Crippen LogP contribution in [0.25, 0.3) is 17.4 Å². The van der Waals surface area contributed by atoms with Gasteiger partial charge in [0, 0.05) is 11.6 Å². The van der Waals surface area contributed by atoms with Gasteiger partial charge in [-0.15, -0.1) is 0 Å². The lowest BCUT2D eigenvalue weighted by Gasteiger charge is -1.99. The molecule has 1 aromatic carbocycles. The van der Waals surface area contributed by atoms with E-state index in [1.807, 2.05) is 37.3 Å². The zero-order valence-electron chi connectivity index (χ0n) is 12.2. The van der Waals surface area contributed by atoms with Crippen LogP contribution in [0.4, 0.5) is 0 Å². The van der Waals surface area contributed by atoms with E-state index in [1.54, 1.807) is 12.1 Å². The number of nitrogens with zero attached hydrogens (tertiary/aromatic N) is 1. The van der Waals surface area contributed by atoms with E-state index in [2.05, 4.69) is 6.58 Å². The van der Waals surface area contributed by atoms with Crippen molar-refractivity contribution >= 4 is 12.0 Å². The summed E-state index contributed by atoms with van der Waals surface area (Å²) in [7, 11) is 0. The molecule has 0 saturated heterocycles. The molecule has 0 atom stereocenters. The van der Waals surface area contributed by atoms with Crippen LogP contribution in [-0.2, 0) is 9.53 Å². The Balaban J connectivity index is 2.21. The van der Waals surface area contributed by atoms with Gasteiger partial charge in [0.15, 0.2) is 0 Å². The first-order valence-electron chi connectivity index (χ1n) is 6.70. The zero-order chi connectivity index (χ0) is 15.9. The molecule has 2 rings (SSSR count). The third-order valence-corrected chi connectivity index (χ3v) is 2.92. The molecule has 4 nitrogen and oxygen atoms in total. The van der Waals surface area contributed by atoms with Crippen molar-refractivity contribution in [1.29, 1.82) is 5.26 Å². The second-order valence-electron chi connectivity index (χ2n) is 4.62. The van der Waals surface area contributed by atoms with E-state index in [-0.39, 0.29) is 12.2 Å². The summed E-state index contributed by atoms with van der Waals surface area (Å²) in [4.78, 5) is 11.6. The quantitative estimate of drug-likeness (QED) is 0.363. The number of rotatable bonds is 5. The predicted octanol–water partition coefficient (Wildman–Crippen LogP) is 3.89. The van der Waals surface area contributed by atoms with Crippen LogP contribution in [0.1, 0.15) is 11.3 Å². The Morgan fingerprint density at radius 1 is 1.32 bits per heavy atom. The van der Waals surface area contributed by atoms with Crippen LogP contribution in [-0.4, -0.2) is 12.6 Å². The van der Waals surface area contributed by atoms with Gasteiger partial charge in [0.2, 0.25) is 0 Å². The van der Waals surface area contributed by atoms with Crippen LogP contribution < -0.4 is 0 Å². The molecule has 110 valence electrons. The molecule has 0 unspecified atom stereocenters. The molecule has 0 saturated carbocycles. The van der Waals surface area contributed by atoms with Gasteiger partial charge in [-0.2, -0.15) is 5.26 Å². The van der Waals surface area contributed by atoms with Gasteiger partial charge in [0.25, 0.3) is 0 Å². The van der Waals surface area contributed by atoms with Gasteiger partial charge in [-0.25, -0.2) is 4.79 Å². The first kappa shape index (κ1) is 15.3. The third kappa shape index (κ3) is 3.74. The van der Waals surface area contributed by atoms with E-state index >= 15 is 0 Å². The second kappa shape index (κ2) is 7.09. The normalized spacial score (nSPS) is 10.8. The zero-order valence-corrected chi connectivity index (χ0v) is 12.2. The number of benzene rings is 1. The number of aryl methyl sites for hydroxylation is 1. The van der Waals surface area contributed by atoms with Crippen molar-refractivity contribution in [2.24, 2.45) is 0 Å². The molecule has 0 amide bonds. The lowest BCUT2D eigenvalue weighted by Crippen LogP contribution is -2.06. The van der Waals surface area contributed by atoms with Crippen molar-refractivity contribution in [3.8, 4) is 17.4 Å². The Kier molecular flexibility index (Phi) is 4.94.